The van der Waals surface area contributed by atoms with Crippen LogP contribution in [0.3, 0.4) is 0 Å². The van der Waals surface area contributed by atoms with Crippen LogP contribution in [-0.4, -0.2) is 25.8 Å². The molecule has 1 heterocycles. The van der Waals surface area contributed by atoms with E-state index >= 15 is 0 Å². The Bertz CT molecular complexity index is 426. The van der Waals surface area contributed by atoms with Gasteiger partial charge in [-0.25, -0.2) is 0 Å². The molecule has 6 heteroatoms. The van der Waals surface area contributed by atoms with E-state index in [2.05, 4.69) is 5.32 Å². The maximum atomic E-state index is 11.8. The molecule has 0 aromatic heterocycles. The maximum absolute atomic E-state index is 11.8. The van der Waals surface area contributed by atoms with Crippen LogP contribution in [0.15, 0.2) is 18.2 Å². The van der Waals surface area contributed by atoms with E-state index in [1.54, 1.807) is 18.2 Å². The van der Waals surface area contributed by atoms with Crippen LogP contribution >= 0.6 is 12.4 Å². The van der Waals surface area contributed by atoms with Crippen LogP contribution in [0.4, 0.5) is 0 Å². The highest BCUT2D eigenvalue weighted by Gasteiger charge is 2.16. The zero-order valence-electron chi connectivity index (χ0n) is 10.1. The molecule has 3 N–H and O–H groups in total. The van der Waals surface area contributed by atoms with Gasteiger partial charge in [0.1, 0.15) is 0 Å². The summed E-state index contributed by atoms with van der Waals surface area (Å²) in [5.74, 6) is 1.44. The van der Waals surface area contributed by atoms with Crippen molar-refractivity contribution < 1.29 is 14.3 Å². The normalized spacial score (nSPS) is 13.7. The number of hydrogen-bond acceptors (Lipinski definition) is 4. The molecule has 1 unspecified atom stereocenters. The predicted octanol–water partition coefficient (Wildman–Crippen LogP) is 1.16. The Morgan fingerprint density at radius 3 is 2.89 bits per heavy atom. The summed E-state index contributed by atoms with van der Waals surface area (Å²) in [6, 6.07) is 5.14. The first kappa shape index (κ1) is 14.6. The molecule has 1 aromatic carbocycles. The summed E-state index contributed by atoms with van der Waals surface area (Å²) in [6.07, 6.45) is 0. The Balaban J connectivity index is 0.00000162. The van der Waals surface area contributed by atoms with Crippen LogP contribution in [0.5, 0.6) is 11.5 Å². The first-order chi connectivity index (χ1) is 8.20. The summed E-state index contributed by atoms with van der Waals surface area (Å²) in [5, 5.41) is 2.83. The molecular weight excluding hydrogens is 256 g/mol. The second-order valence-electron chi connectivity index (χ2n) is 4.12. The Labute approximate surface area is 112 Å². The molecule has 0 radical (unpaired) electrons. The van der Waals surface area contributed by atoms with Crippen molar-refractivity contribution in [1.29, 1.82) is 0 Å². The average Bonchev–Trinajstić information content (AvgIpc) is 2.82. The van der Waals surface area contributed by atoms with E-state index in [0.29, 0.717) is 30.2 Å². The molecule has 18 heavy (non-hydrogen) atoms. The number of rotatable bonds is 4. The van der Waals surface area contributed by atoms with Gasteiger partial charge in [-0.3, -0.25) is 4.79 Å². The summed E-state index contributed by atoms with van der Waals surface area (Å²) >= 11 is 0. The lowest BCUT2D eigenvalue weighted by Gasteiger charge is -2.10. The second kappa shape index (κ2) is 6.47. The molecule has 0 saturated carbocycles. The summed E-state index contributed by atoms with van der Waals surface area (Å²) < 4.78 is 10.4. The number of benzene rings is 1. The monoisotopic (exact) mass is 272 g/mol. The van der Waals surface area contributed by atoms with Crippen LogP contribution in [0.1, 0.15) is 17.3 Å². The average molecular weight is 273 g/mol. The quantitative estimate of drug-likeness (QED) is 0.863. The largest absolute Gasteiger partial charge is 0.454 e. The number of hydrogen-bond donors (Lipinski definition) is 2. The molecule has 5 nitrogen and oxygen atoms in total. The Morgan fingerprint density at radius 1 is 1.44 bits per heavy atom. The van der Waals surface area contributed by atoms with E-state index in [1.807, 2.05) is 6.92 Å². The number of fused-ring (bicyclic) bond motifs is 1. The van der Waals surface area contributed by atoms with Crippen molar-refractivity contribution in [3.8, 4) is 11.5 Å². The van der Waals surface area contributed by atoms with Crippen molar-refractivity contribution in [3.63, 3.8) is 0 Å². The van der Waals surface area contributed by atoms with Crippen molar-refractivity contribution in [2.75, 3.05) is 19.9 Å². The third-order valence-electron chi connectivity index (χ3n) is 2.65. The molecule has 2 rings (SSSR count). The number of nitrogens with one attached hydrogen (secondary N) is 1. The van der Waals surface area contributed by atoms with Crippen molar-refractivity contribution in [2.24, 2.45) is 11.7 Å². The van der Waals surface area contributed by atoms with Crippen molar-refractivity contribution in [1.82, 2.24) is 5.32 Å². The van der Waals surface area contributed by atoms with E-state index in [-0.39, 0.29) is 31.0 Å². The number of halogens is 1. The van der Waals surface area contributed by atoms with Gasteiger partial charge in [-0.2, -0.15) is 0 Å². The van der Waals surface area contributed by atoms with Crippen LogP contribution < -0.4 is 20.5 Å². The molecule has 1 aliphatic rings. The lowest BCUT2D eigenvalue weighted by Crippen LogP contribution is -2.31. The molecule has 0 fully saturated rings. The molecule has 0 aliphatic carbocycles. The van der Waals surface area contributed by atoms with Gasteiger partial charge in [-0.15, -0.1) is 12.4 Å². The van der Waals surface area contributed by atoms with Gasteiger partial charge in [0, 0.05) is 12.1 Å². The maximum Gasteiger partial charge on any atom is 0.251 e. The fourth-order valence-corrected chi connectivity index (χ4v) is 1.49. The lowest BCUT2D eigenvalue weighted by molar-refractivity contribution is 0.0948. The van der Waals surface area contributed by atoms with Gasteiger partial charge in [0.15, 0.2) is 11.5 Å². The van der Waals surface area contributed by atoms with Gasteiger partial charge in [0.25, 0.3) is 5.91 Å². The van der Waals surface area contributed by atoms with Gasteiger partial charge in [-0.05, 0) is 30.7 Å². The summed E-state index contributed by atoms with van der Waals surface area (Å²) in [6.45, 7) is 3.33. The lowest BCUT2D eigenvalue weighted by atomic mass is 10.1. The molecule has 1 atom stereocenters. The minimum absolute atomic E-state index is 0. The molecule has 1 aliphatic heterocycles. The van der Waals surface area contributed by atoms with Crippen molar-refractivity contribution in [2.45, 2.75) is 6.92 Å². The van der Waals surface area contributed by atoms with Crippen LogP contribution in [-0.2, 0) is 0 Å². The zero-order chi connectivity index (χ0) is 12.3. The highest BCUT2D eigenvalue weighted by molar-refractivity contribution is 5.94. The van der Waals surface area contributed by atoms with Gasteiger partial charge in [0.2, 0.25) is 6.79 Å². The van der Waals surface area contributed by atoms with E-state index in [4.69, 9.17) is 15.2 Å². The van der Waals surface area contributed by atoms with E-state index < -0.39 is 0 Å². The van der Waals surface area contributed by atoms with E-state index in [9.17, 15) is 4.79 Å². The smallest absolute Gasteiger partial charge is 0.251 e. The fraction of sp³-hybridized carbons (Fsp3) is 0.417. The number of carbonyl (C=O) groups excluding carboxylic acids is 1. The van der Waals surface area contributed by atoms with Crippen molar-refractivity contribution >= 4 is 18.3 Å². The second-order valence-corrected chi connectivity index (χ2v) is 4.12. The van der Waals surface area contributed by atoms with E-state index in [0.717, 1.165) is 0 Å². The Morgan fingerprint density at radius 2 is 2.17 bits per heavy atom. The van der Waals surface area contributed by atoms with E-state index in [1.165, 1.54) is 0 Å². The molecule has 0 spiro atoms. The molecular formula is C12H17ClN2O3. The Hall–Kier alpha value is -1.46. The fourth-order valence-electron chi connectivity index (χ4n) is 1.49. The molecule has 100 valence electrons. The minimum atomic E-state index is -0.122. The molecule has 1 aromatic rings. The van der Waals surface area contributed by atoms with Crippen molar-refractivity contribution in [3.05, 3.63) is 23.8 Å². The minimum Gasteiger partial charge on any atom is -0.454 e. The van der Waals surface area contributed by atoms with Gasteiger partial charge in [-0.1, -0.05) is 6.92 Å². The topological polar surface area (TPSA) is 73.6 Å². The first-order valence-electron chi connectivity index (χ1n) is 5.58. The first-order valence-corrected chi connectivity index (χ1v) is 5.58. The predicted molar refractivity (Wildman–Crippen MR) is 70.4 cm³/mol. The Kier molecular flexibility index (Phi) is 5.25. The highest BCUT2D eigenvalue weighted by Crippen LogP contribution is 2.32. The number of ether oxygens (including phenoxy) is 2. The molecule has 0 bridgehead atoms. The standard InChI is InChI=1S/C12H16N2O3.ClH/c1-8(5-13)6-14-12(15)9-2-3-10-11(4-9)17-7-16-10;/h2-4,8H,5-7,13H2,1H3,(H,14,15);1H. The third-order valence-corrected chi connectivity index (χ3v) is 2.65. The number of amides is 1. The van der Waals surface area contributed by atoms with Gasteiger partial charge >= 0.3 is 0 Å². The summed E-state index contributed by atoms with van der Waals surface area (Å²) in [4.78, 5) is 11.8. The third kappa shape index (κ3) is 3.27. The zero-order valence-corrected chi connectivity index (χ0v) is 11.0. The molecule has 1 amide bonds. The van der Waals surface area contributed by atoms with Gasteiger partial charge < -0.3 is 20.5 Å². The summed E-state index contributed by atoms with van der Waals surface area (Å²) in [7, 11) is 0. The van der Waals surface area contributed by atoms with Crippen LogP contribution in [0, 0.1) is 5.92 Å². The SMILES string of the molecule is CC(CN)CNC(=O)c1ccc2c(c1)OCO2.Cl. The summed E-state index contributed by atoms with van der Waals surface area (Å²) in [5.41, 5.74) is 6.05. The molecule has 0 saturated heterocycles. The number of carbonyl (C=O) groups is 1. The van der Waals surface area contributed by atoms with Gasteiger partial charge in [0.05, 0.1) is 0 Å². The van der Waals surface area contributed by atoms with Crippen LogP contribution in [0.25, 0.3) is 0 Å². The highest BCUT2D eigenvalue weighted by atomic mass is 35.5. The van der Waals surface area contributed by atoms with Crippen LogP contribution in [0.2, 0.25) is 0 Å². The number of nitrogens with two attached hydrogens (primary N) is 1.